The van der Waals surface area contributed by atoms with Crippen LogP contribution in [0.25, 0.3) is 0 Å². The Hall–Kier alpha value is -1.75. The molecule has 0 aliphatic carbocycles. The summed E-state index contributed by atoms with van der Waals surface area (Å²) in [7, 11) is 1.39. The van der Waals surface area contributed by atoms with Gasteiger partial charge in [0, 0.05) is 31.9 Å². The minimum Gasteiger partial charge on any atom is -0.493 e. The van der Waals surface area contributed by atoms with Crippen molar-refractivity contribution in [2.24, 2.45) is 5.92 Å². The number of hydrogen-bond acceptors (Lipinski definition) is 5. The molecule has 5 heteroatoms. The molecule has 1 aromatic rings. The number of methoxy groups -OCH3 is 1. The Labute approximate surface area is 119 Å². The van der Waals surface area contributed by atoms with Crippen LogP contribution in [-0.4, -0.2) is 45.9 Å². The molecule has 1 N–H and O–H groups in total. The molecule has 20 heavy (non-hydrogen) atoms. The first-order valence-electron chi connectivity index (χ1n) is 6.97. The van der Waals surface area contributed by atoms with Crippen molar-refractivity contribution < 1.29 is 14.3 Å². The maximum absolute atomic E-state index is 11.3. The van der Waals surface area contributed by atoms with Gasteiger partial charge in [0.05, 0.1) is 13.0 Å². The Morgan fingerprint density at radius 1 is 1.30 bits per heavy atom. The van der Waals surface area contributed by atoms with Crippen molar-refractivity contribution in [2.75, 3.05) is 44.8 Å². The lowest BCUT2D eigenvalue weighted by atomic mass is 10.2. The molecule has 0 bridgehead atoms. The second-order valence-corrected chi connectivity index (χ2v) is 4.97. The number of rotatable bonds is 5. The fourth-order valence-electron chi connectivity index (χ4n) is 2.17. The van der Waals surface area contributed by atoms with E-state index in [1.54, 1.807) is 6.92 Å². The highest BCUT2D eigenvalue weighted by Gasteiger charge is 2.14. The maximum atomic E-state index is 11.3. The molecule has 1 aliphatic rings. The van der Waals surface area contributed by atoms with Gasteiger partial charge in [-0.25, -0.2) is 0 Å². The van der Waals surface area contributed by atoms with E-state index in [9.17, 15) is 4.79 Å². The molecule has 1 saturated heterocycles. The molecule has 0 amide bonds. The minimum absolute atomic E-state index is 0.248. The van der Waals surface area contributed by atoms with Crippen molar-refractivity contribution in [3.05, 3.63) is 24.3 Å². The standard InChI is InChI=1S/C15H22N2O3/c1-12(15(18)19-2)11-20-14-5-3-13(4-6-14)17-9-7-16-8-10-17/h3-6,12,16H,7-11H2,1-2H3. The SMILES string of the molecule is COC(=O)C(C)COc1ccc(N2CCNCC2)cc1. The maximum Gasteiger partial charge on any atom is 0.311 e. The van der Waals surface area contributed by atoms with Crippen LogP contribution in [0.5, 0.6) is 5.75 Å². The number of carbonyl (C=O) groups excluding carboxylic acids is 1. The van der Waals surface area contributed by atoms with E-state index in [0.717, 1.165) is 31.9 Å². The second-order valence-electron chi connectivity index (χ2n) is 4.97. The molecular weight excluding hydrogens is 256 g/mol. The highest BCUT2D eigenvalue weighted by molar-refractivity contribution is 5.71. The first-order valence-corrected chi connectivity index (χ1v) is 6.97. The van der Waals surface area contributed by atoms with E-state index in [-0.39, 0.29) is 11.9 Å². The lowest BCUT2D eigenvalue weighted by Crippen LogP contribution is -2.43. The third kappa shape index (κ3) is 3.87. The average molecular weight is 278 g/mol. The third-order valence-electron chi connectivity index (χ3n) is 3.42. The predicted molar refractivity (Wildman–Crippen MR) is 78.2 cm³/mol. The number of nitrogens with one attached hydrogen (secondary N) is 1. The van der Waals surface area contributed by atoms with Crippen LogP contribution in [0.15, 0.2) is 24.3 Å². The molecule has 1 aliphatic heterocycles. The highest BCUT2D eigenvalue weighted by atomic mass is 16.5. The van der Waals surface area contributed by atoms with Gasteiger partial charge >= 0.3 is 5.97 Å². The summed E-state index contributed by atoms with van der Waals surface area (Å²) >= 11 is 0. The highest BCUT2D eigenvalue weighted by Crippen LogP contribution is 2.20. The molecule has 1 fully saturated rings. The van der Waals surface area contributed by atoms with Gasteiger partial charge in [-0.15, -0.1) is 0 Å². The van der Waals surface area contributed by atoms with Crippen molar-refractivity contribution in [1.29, 1.82) is 0 Å². The number of nitrogens with zero attached hydrogens (tertiary/aromatic N) is 1. The van der Waals surface area contributed by atoms with Crippen molar-refractivity contribution in [2.45, 2.75) is 6.92 Å². The van der Waals surface area contributed by atoms with Crippen LogP contribution in [0.1, 0.15) is 6.92 Å². The Kier molecular flexibility index (Phi) is 5.24. The zero-order valence-electron chi connectivity index (χ0n) is 12.1. The number of esters is 1. The molecule has 0 radical (unpaired) electrons. The van der Waals surface area contributed by atoms with E-state index in [4.69, 9.17) is 4.74 Å². The molecule has 1 aromatic carbocycles. The molecule has 110 valence electrons. The summed E-state index contributed by atoms with van der Waals surface area (Å²) in [4.78, 5) is 13.6. The summed E-state index contributed by atoms with van der Waals surface area (Å²) in [5.74, 6) is 0.273. The molecular formula is C15H22N2O3. The van der Waals surface area contributed by atoms with Gasteiger partial charge in [-0.05, 0) is 31.2 Å². The van der Waals surface area contributed by atoms with E-state index in [1.165, 1.54) is 12.8 Å². The summed E-state index contributed by atoms with van der Waals surface area (Å²) in [5.41, 5.74) is 1.21. The quantitative estimate of drug-likeness (QED) is 0.822. The van der Waals surface area contributed by atoms with E-state index in [0.29, 0.717) is 6.61 Å². The van der Waals surface area contributed by atoms with Crippen molar-refractivity contribution in [3.63, 3.8) is 0 Å². The van der Waals surface area contributed by atoms with Crippen LogP contribution in [0.3, 0.4) is 0 Å². The largest absolute Gasteiger partial charge is 0.493 e. The topological polar surface area (TPSA) is 50.8 Å². The number of hydrogen-bond donors (Lipinski definition) is 1. The number of carbonyl (C=O) groups is 1. The third-order valence-corrected chi connectivity index (χ3v) is 3.42. The van der Waals surface area contributed by atoms with Gasteiger partial charge in [0.1, 0.15) is 12.4 Å². The minimum atomic E-state index is -0.257. The Morgan fingerprint density at radius 3 is 2.55 bits per heavy atom. The molecule has 1 heterocycles. The van der Waals surface area contributed by atoms with Crippen molar-refractivity contribution in [3.8, 4) is 5.75 Å². The zero-order chi connectivity index (χ0) is 14.4. The lowest BCUT2D eigenvalue weighted by Gasteiger charge is -2.29. The molecule has 1 unspecified atom stereocenters. The van der Waals surface area contributed by atoms with Gasteiger partial charge in [0.2, 0.25) is 0 Å². The monoisotopic (exact) mass is 278 g/mol. The van der Waals surface area contributed by atoms with Crippen LogP contribution in [0.2, 0.25) is 0 Å². The summed E-state index contributed by atoms with van der Waals surface area (Å²) < 4.78 is 10.3. The van der Waals surface area contributed by atoms with Gasteiger partial charge in [-0.3, -0.25) is 4.79 Å². The molecule has 0 spiro atoms. The van der Waals surface area contributed by atoms with Crippen LogP contribution in [0.4, 0.5) is 5.69 Å². The summed E-state index contributed by atoms with van der Waals surface area (Å²) in [5, 5.41) is 3.33. The Bertz CT molecular complexity index is 427. The first kappa shape index (κ1) is 14.7. The summed E-state index contributed by atoms with van der Waals surface area (Å²) in [6.45, 7) is 6.23. The van der Waals surface area contributed by atoms with E-state index < -0.39 is 0 Å². The number of benzene rings is 1. The van der Waals surface area contributed by atoms with Gasteiger partial charge in [0.25, 0.3) is 0 Å². The van der Waals surface area contributed by atoms with Crippen molar-refractivity contribution >= 4 is 11.7 Å². The van der Waals surface area contributed by atoms with E-state index in [1.807, 2.05) is 12.1 Å². The number of anilines is 1. The van der Waals surface area contributed by atoms with Crippen LogP contribution in [-0.2, 0) is 9.53 Å². The van der Waals surface area contributed by atoms with Gasteiger partial charge in [0.15, 0.2) is 0 Å². The summed E-state index contributed by atoms with van der Waals surface area (Å²) in [6, 6.07) is 8.01. The molecule has 0 aromatic heterocycles. The normalized spacial score (nSPS) is 16.6. The van der Waals surface area contributed by atoms with Gasteiger partial charge < -0.3 is 19.7 Å². The number of piperazine rings is 1. The van der Waals surface area contributed by atoms with Crippen LogP contribution < -0.4 is 15.0 Å². The second kappa shape index (κ2) is 7.14. The number of ether oxygens (including phenoxy) is 2. The molecule has 0 saturated carbocycles. The Balaban J connectivity index is 1.86. The molecule has 1 atom stereocenters. The van der Waals surface area contributed by atoms with Crippen LogP contribution >= 0.6 is 0 Å². The van der Waals surface area contributed by atoms with E-state index in [2.05, 4.69) is 27.1 Å². The van der Waals surface area contributed by atoms with Gasteiger partial charge in [-0.2, -0.15) is 0 Å². The first-order chi connectivity index (χ1) is 9.70. The lowest BCUT2D eigenvalue weighted by molar-refractivity contribution is -0.145. The molecule has 2 rings (SSSR count). The Morgan fingerprint density at radius 2 is 1.95 bits per heavy atom. The molecule has 5 nitrogen and oxygen atoms in total. The van der Waals surface area contributed by atoms with Crippen LogP contribution in [0, 0.1) is 5.92 Å². The predicted octanol–water partition coefficient (Wildman–Crippen LogP) is 1.28. The zero-order valence-corrected chi connectivity index (χ0v) is 12.1. The smallest absolute Gasteiger partial charge is 0.311 e. The van der Waals surface area contributed by atoms with Gasteiger partial charge in [-0.1, -0.05) is 0 Å². The van der Waals surface area contributed by atoms with Crippen molar-refractivity contribution in [1.82, 2.24) is 5.32 Å². The average Bonchev–Trinajstić information content (AvgIpc) is 2.53. The fourth-order valence-corrected chi connectivity index (χ4v) is 2.17. The summed E-state index contributed by atoms with van der Waals surface area (Å²) in [6.07, 6.45) is 0. The van der Waals surface area contributed by atoms with E-state index >= 15 is 0 Å². The fraction of sp³-hybridized carbons (Fsp3) is 0.533.